The molecule has 2 N–H and O–H groups in total. The molecule has 114 valence electrons. The van der Waals surface area contributed by atoms with Crippen LogP contribution in [-0.4, -0.2) is 11.8 Å². The van der Waals surface area contributed by atoms with Crippen LogP contribution in [0.2, 0.25) is 0 Å². The van der Waals surface area contributed by atoms with E-state index in [1.54, 1.807) is 6.07 Å². The van der Waals surface area contributed by atoms with E-state index >= 15 is 0 Å². The highest BCUT2D eigenvalue weighted by Crippen LogP contribution is 2.20. The molecule has 0 radical (unpaired) electrons. The Morgan fingerprint density at radius 3 is 2.09 bits per heavy atom. The van der Waals surface area contributed by atoms with E-state index in [0.717, 1.165) is 21.3 Å². The summed E-state index contributed by atoms with van der Waals surface area (Å²) in [6, 6.07) is 13.0. The molecule has 2 rings (SSSR count). The van der Waals surface area contributed by atoms with Gasteiger partial charge in [-0.2, -0.15) is 0 Å². The number of carbonyl (C=O) groups is 2. The predicted octanol–water partition coefficient (Wildman–Crippen LogP) is 4.03. The molecule has 0 aliphatic heterocycles. The summed E-state index contributed by atoms with van der Waals surface area (Å²) >= 11 is 3.37. The molecule has 0 bridgehead atoms. The molecule has 2 amide bonds. The van der Waals surface area contributed by atoms with Crippen molar-refractivity contribution in [1.82, 2.24) is 0 Å². The summed E-state index contributed by atoms with van der Waals surface area (Å²) in [7, 11) is 0. The maximum absolute atomic E-state index is 12.0. The lowest BCUT2D eigenvalue weighted by atomic mass is 10.2. The monoisotopic (exact) mass is 360 g/mol. The van der Waals surface area contributed by atoms with E-state index in [-0.39, 0.29) is 18.2 Å². The van der Waals surface area contributed by atoms with E-state index in [1.807, 2.05) is 50.2 Å². The third-order valence-electron chi connectivity index (χ3n) is 3.20. The van der Waals surface area contributed by atoms with Gasteiger partial charge in [0.15, 0.2) is 0 Å². The number of nitrogens with one attached hydrogen (secondary N) is 2. The maximum atomic E-state index is 12.0. The van der Waals surface area contributed by atoms with Crippen LogP contribution < -0.4 is 10.6 Å². The molecule has 0 heterocycles. The number of aryl methyl sites for hydroxylation is 2. The van der Waals surface area contributed by atoms with Crippen LogP contribution in [0, 0.1) is 13.8 Å². The topological polar surface area (TPSA) is 58.2 Å². The Bertz CT molecular complexity index is 714. The summed E-state index contributed by atoms with van der Waals surface area (Å²) < 4.78 is 0.945. The number of hydrogen-bond acceptors (Lipinski definition) is 2. The number of anilines is 2. The first-order valence-corrected chi connectivity index (χ1v) is 7.66. The van der Waals surface area contributed by atoms with Crippen LogP contribution in [0.1, 0.15) is 17.5 Å². The van der Waals surface area contributed by atoms with Gasteiger partial charge in [-0.05, 0) is 49.2 Å². The van der Waals surface area contributed by atoms with Crippen molar-refractivity contribution < 1.29 is 9.59 Å². The van der Waals surface area contributed by atoms with Gasteiger partial charge in [-0.25, -0.2) is 0 Å². The lowest BCUT2D eigenvalue weighted by Gasteiger charge is -2.10. The zero-order valence-corrected chi connectivity index (χ0v) is 14.0. The van der Waals surface area contributed by atoms with Crippen molar-refractivity contribution in [2.75, 3.05) is 10.6 Å². The first-order chi connectivity index (χ1) is 10.5. The average Bonchev–Trinajstić information content (AvgIpc) is 2.44. The van der Waals surface area contributed by atoms with Crippen LogP contribution in [0.25, 0.3) is 0 Å². The van der Waals surface area contributed by atoms with Crippen LogP contribution in [0.15, 0.2) is 46.9 Å². The minimum Gasteiger partial charge on any atom is -0.325 e. The van der Waals surface area contributed by atoms with Gasteiger partial charge in [0.25, 0.3) is 0 Å². The summed E-state index contributed by atoms with van der Waals surface area (Å²) in [4.78, 5) is 23.9. The number of benzene rings is 2. The van der Waals surface area contributed by atoms with E-state index in [4.69, 9.17) is 0 Å². The van der Waals surface area contributed by atoms with E-state index in [0.29, 0.717) is 5.69 Å². The normalized spacial score (nSPS) is 10.1. The second-order valence-corrected chi connectivity index (χ2v) is 5.96. The fourth-order valence-corrected chi connectivity index (χ4v) is 2.49. The zero-order chi connectivity index (χ0) is 16.1. The van der Waals surface area contributed by atoms with Crippen LogP contribution in [0.5, 0.6) is 0 Å². The molecule has 0 aromatic heterocycles. The molecule has 2 aromatic carbocycles. The van der Waals surface area contributed by atoms with Crippen molar-refractivity contribution in [2.24, 2.45) is 0 Å². The molecule has 0 spiro atoms. The molecule has 0 aliphatic carbocycles. The maximum Gasteiger partial charge on any atom is 0.233 e. The SMILES string of the molecule is Cc1ccccc1NC(=O)CC(=O)Nc1ccc(Br)cc1C. The third kappa shape index (κ3) is 4.43. The van der Waals surface area contributed by atoms with Crippen molar-refractivity contribution in [1.29, 1.82) is 0 Å². The van der Waals surface area contributed by atoms with Crippen molar-refractivity contribution >= 4 is 39.1 Å². The molecule has 0 atom stereocenters. The van der Waals surface area contributed by atoms with E-state index in [9.17, 15) is 9.59 Å². The van der Waals surface area contributed by atoms with Crippen LogP contribution in [0.4, 0.5) is 11.4 Å². The first kappa shape index (κ1) is 16.2. The summed E-state index contributed by atoms with van der Waals surface area (Å²) in [6.45, 7) is 3.80. The molecule has 2 aromatic rings. The molecule has 5 heteroatoms. The lowest BCUT2D eigenvalue weighted by molar-refractivity contribution is -0.123. The summed E-state index contributed by atoms with van der Waals surface area (Å²) in [5.41, 5.74) is 3.32. The van der Waals surface area contributed by atoms with Gasteiger partial charge in [-0.15, -0.1) is 0 Å². The lowest BCUT2D eigenvalue weighted by Crippen LogP contribution is -2.22. The first-order valence-electron chi connectivity index (χ1n) is 6.87. The van der Waals surface area contributed by atoms with Gasteiger partial charge in [-0.1, -0.05) is 34.1 Å². The van der Waals surface area contributed by atoms with Gasteiger partial charge in [0.05, 0.1) is 0 Å². The van der Waals surface area contributed by atoms with Crippen molar-refractivity contribution in [3.05, 3.63) is 58.1 Å². The number of halogens is 1. The summed E-state index contributed by atoms with van der Waals surface area (Å²) in [6.07, 6.45) is -0.218. The number of rotatable bonds is 4. The number of para-hydroxylation sites is 1. The molecular weight excluding hydrogens is 344 g/mol. The molecule has 22 heavy (non-hydrogen) atoms. The van der Waals surface area contributed by atoms with Gasteiger partial charge in [0.1, 0.15) is 6.42 Å². The zero-order valence-electron chi connectivity index (χ0n) is 12.4. The standard InChI is InChI=1S/C17H17BrN2O2/c1-11-5-3-4-6-14(11)19-16(21)10-17(22)20-15-8-7-13(18)9-12(15)2/h3-9H,10H2,1-2H3,(H,19,21)(H,20,22). The fourth-order valence-electron chi connectivity index (χ4n) is 2.02. The number of hydrogen-bond donors (Lipinski definition) is 2. The average molecular weight is 361 g/mol. The highest BCUT2D eigenvalue weighted by atomic mass is 79.9. The second-order valence-electron chi connectivity index (χ2n) is 5.05. The summed E-state index contributed by atoms with van der Waals surface area (Å²) in [5, 5.41) is 5.49. The highest BCUT2D eigenvalue weighted by molar-refractivity contribution is 9.10. The Labute approximate surface area is 138 Å². The van der Waals surface area contributed by atoms with E-state index in [2.05, 4.69) is 26.6 Å². The third-order valence-corrected chi connectivity index (χ3v) is 3.70. The van der Waals surface area contributed by atoms with Crippen LogP contribution in [-0.2, 0) is 9.59 Å². The van der Waals surface area contributed by atoms with Gasteiger partial charge in [0, 0.05) is 15.8 Å². The highest BCUT2D eigenvalue weighted by Gasteiger charge is 2.11. The van der Waals surface area contributed by atoms with Gasteiger partial charge in [-0.3, -0.25) is 9.59 Å². The van der Waals surface area contributed by atoms with Gasteiger partial charge >= 0.3 is 0 Å². The Morgan fingerprint density at radius 1 is 0.909 bits per heavy atom. The van der Waals surface area contributed by atoms with Crippen LogP contribution in [0.3, 0.4) is 0 Å². The second kappa shape index (κ2) is 7.22. The van der Waals surface area contributed by atoms with Crippen molar-refractivity contribution in [3.63, 3.8) is 0 Å². The number of carbonyl (C=O) groups excluding carboxylic acids is 2. The van der Waals surface area contributed by atoms with E-state index < -0.39 is 0 Å². The Balaban J connectivity index is 1.94. The molecule has 0 fully saturated rings. The Kier molecular flexibility index (Phi) is 5.33. The van der Waals surface area contributed by atoms with Crippen LogP contribution >= 0.6 is 15.9 Å². The summed E-state index contributed by atoms with van der Waals surface area (Å²) in [5.74, 6) is -0.668. The molecular formula is C17H17BrN2O2. The Morgan fingerprint density at radius 2 is 1.50 bits per heavy atom. The van der Waals surface area contributed by atoms with Crippen molar-refractivity contribution in [2.45, 2.75) is 20.3 Å². The molecule has 0 saturated heterocycles. The molecule has 0 unspecified atom stereocenters. The molecule has 4 nitrogen and oxygen atoms in total. The largest absolute Gasteiger partial charge is 0.325 e. The quantitative estimate of drug-likeness (QED) is 0.808. The van der Waals surface area contributed by atoms with Gasteiger partial charge < -0.3 is 10.6 Å². The smallest absolute Gasteiger partial charge is 0.233 e. The number of amides is 2. The molecule has 0 saturated carbocycles. The fraction of sp³-hybridized carbons (Fsp3) is 0.176. The van der Waals surface area contributed by atoms with E-state index in [1.165, 1.54) is 0 Å². The molecule has 0 aliphatic rings. The Hall–Kier alpha value is -2.14. The minimum atomic E-state index is -0.337. The van der Waals surface area contributed by atoms with Gasteiger partial charge in [0.2, 0.25) is 11.8 Å². The minimum absolute atomic E-state index is 0.218. The predicted molar refractivity (Wildman–Crippen MR) is 91.9 cm³/mol. The van der Waals surface area contributed by atoms with Crippen molar-refractivity contribution in [3.8, 4) is 0 Å².